The maximum Gasteiger partial charge on any atom is 0.247 e. The quantitative estimate of drug-likeness (QED) is 0.601. The molecule has 1 aliphatic rings. The molecule has 3 aromatic carbocycles. The highest BCUT2D eigenvalue weighted by atomic mass is 32.3. The molecule has 1 saturated heterocycles. The van der Waals surface area contributed by atoms with Crippen molar-refractivity contribution in [1.29, 1.82) is 0 Å². The lowest BCUT2D eigenvalue weighted by Crippen LogP contribution is -2.48. The van der Waals surface area contributed by atoms with E-state index in [0.717, 1.165) is 11.4 Å². The number of benzene rings is 3. The third-order valence-corrected chi connectivity index (χ3v) is 8.21. The summed E-state index contributed by atoms with van der Waals surface area (Å²) in [5, 5.41) is 3.67. The zero-order valence-electron chi connectivity index (χ0n) is 15.4. The van der Waals surface area contributed by atoms with E-state index in [-0.39, 0.29) is 5.08 Å². The van der Waals surface area contributed by atoms with Crippen molar-refractivity contribution in [1.82, 2.24) is 5.32 Å². The van der Waals surface area contributed by atoms with E-state index in [2.05, 4.69) is 5.32 Å². The molecule has 1 atom stereocenters. The van der Waals surface area contributed by atoms with Gasteiger partial charge < -0.3 is 5.32 Å². The number of para-hydroxylation sites is 3. The molecule has 1 fully saturated rings. The fourth-order valence-electron chi connectivity index (χ4n) is 3.10. The molecule has 1 heterocycles. The second-order valence-corrected chi connectivity index (χ2v) is 10.0. The largest absolute Gasteiger partial charge is 0.332 e. The normalized spacial score (nSPS) is 17.7. The molecular formula is C21H19N3O2S3. The van der Waals surface area contributed by atoms with E-state index in [4.69, 9.17) is 12.2 Å². The van der Waals surface area contributed by atoms with Crippen LogP contribution in [0.25, 0.3) is 0 Å². The molecule has 148 valence electrons. The van der Waals surface area contributed by atoms with Gasteiger partial charge in [0.1, 0.15) is 5.08 Å². The fraction of sp³-hybridized carbons (Fsp3) is 0.0952. The van der Waals surface area contributed by atoms with Crippen LogP contribution >= 0.6 is 24.0 Å². The molecule has 0 radical (unpaired) electrons. The number of rotatable bonds is 4. The minimum absolute atomic E-state index is 0.00114. The first-order valence-electron chi connectivity index (χ1n) is 8.96. The Balaban J connectivity index is 1.65. The van der Waals surface area contributed by atoms with Gasteiger partial charge in [-0.3, -0.25) is 4.90 Å². The lowest BCUT2D eigenvalue weighted by Gasteiger charge is -2.31. The van der Waals surface area contributed by atoms with Crippen LogP contribution in [0, 0.1) is 0 Å². The van der Waals surface area contributed by atoms with Crippen LogP contribution in [0.1, 0.15) is 0 Å². The van der Waals surface area contributed by atoms with E-state index >= 15 is 0 Å². The number of thiocarbonyl (C=S) groups is 1. The van der Waals surface area contributed by atoms with E-state index in [0.29, 0.717) is 10.8 Å². The van der Waals surface area contributed by atoms with Crippen molar-refractivity contribution in [2.45, 2.75) is 5.50 Å². The van der Waals surface area contributed by atoms with Gasteiger partial charge in [0, 0.05) is 11.4 Å². The average molecular weight is 442 g/mol. The molecule has 1 unspecified atom stereocenters. The Labute approximate surface area is 180 Å². The topological polar surface area (TPSA) is 52.7 Å². The maximum absolute atomic E-state index is 12.7. The lowest BCUT2D eigenvalue weighted by molar-refractivity contribution is 0.595. The number of sulfonamides is 1. The minimum atomic E-state index is -3.43. The van der Waals surface area contributed by atoms with E-state index in [1.165, 1.54) is 16.1 Å². The smallest absolute Gasteiger partial charge is 0.247 e. The van der Waals surface area contributed by atoms with Crippen LogP contribution in [0.4, 0.5) is 17.1 Å². The molecule has 0 spiro atoms. The minimum Gasteiger partial charge on any atom is -0.332 e. The summed E-state index contributed by atoms with van der Waals surface area (Å²) >= 11 is 7.04. The van der Waals surface area contributed by atoms with Crippen molar-refractivity contribution in [3.8, 4) is 0 Å². The number of hydrogen-bond acceptors (Lipinski definition) is 4. The number of thioether (sulfide) groups is 1. The first-order chi connectivity index (χ1) is 14.1. The summed E-state index contributed by atoms with van der Waals surface area (Å²) in [5.74, 6) is 0. The number of hydrogen-bond donors (Lipinski definition) is 1. The molecule has 1 aliphatic heterocycles. The fourth-order valence-corrected chi connectivity index (χ4v) is 6.97. The van der Waals surface area contributed by atoms with E-state index in [9.17, 15) is 8.42 Å². The SMILES string of the molecule is O=S1(=O)CSC(NC(=S)N(c2ccccc2)c2ccccc2)N1c1ccccc1. The number of nitrogens with one attached hydrogen (secondary N) is 1. The molecule has 29 heavy (non-hydrogen) atoms. The van der Waals surface area contributed by atoms with Gasteiger partial charge >= 0.3 is 0 Å². The summed E-state index contributed by atoms with van der Waals surface area (Å²) in [5.41, 5.74) is 1.88. The molecular weight excluding hydrogens is 422 g/mol. The van der Waals surface area contributed by atoms with Crippen molar-refractivity contribution < 1.29 is 8.42 Å². The van der Waals surface area contributed by atoms with Gasteiger partial charge in [0.15, 0.2) is 10.6 Å². The Morgan fingerprint density at radius 1 is 0.897 bits per heavy atom. The number of anilines is 3. The summed E-state index contributed by atoms with van der Waals surface area (Å²) in [6, 6.07) is 28.6. The van der Waals surface area contributed by atoms with E-state index in [1.807, 2.05) is 83.8 Å². The van der Waals surface area contributed by atoms with Crippen molar-refractivity contribution in [3.05, 3.63) is 91.0 Å². The predicted molar refractivity (Wildman–Crippen MR) is 125 cm³/mol. The van der Waals surface area contributed by atoms with Crippen molar-refractivity contribution in [3.63, 3.8) is 0 Å². The molecule has 3 aromatic rings. The van der Waals surface area contributed by atoms with Crippen LogP contribution in [-0.2, 0) is 10.0 Å². The summed E-state index contributed by atoms with van der Waals surface area (Å²) in [6.07, 6.45) is 0. The van der Waals surface area contributed by atoms with Gasteiger partial charge in [-0.2, -0.15) is 0 Å². The van der Waals surface area contributed by atoms with Crippen LogP contribution < -0.4 is 14.5 Å². The number of nitrogens with zero attached hydrogens (tertiary/aromatic N) is 2. The molecule has 1 N–H and O–H groups in total. The standard InChI is InChI=1S/C21H19N3O2S3/c25-29(26)16-28-21(24(29)19-14-8-3-9-15-19)22-20(27)23(17-10-4-1-5-11-17)18-12-6-2-7-13-18/h1-15,21H,16H2,(H,22,27). The zero-order valence-corrected chi connectivity index (χ0v) is 17.8. The Morgan fingerprint density at radius 3 is 1.90 bits per heavy atom. The van der Waals surface area contributed by atoms with Crippen molar-refractivity contribution >= 4 is 56.2 Å². The summed E-state index contributed by atoms with van der Waals surface area (Å²) in [7, 11) is -3.43. The molecule has 0 aliphatic carbocycles. The second kappa shape index (κ2) is 8.44. The monoisotopic (exact) mass is 441 g/mol. The molecule has 0 bridgehead atoms. The third-order valence-electron chi connectivity index (χ3n) is 4.38. The second-order valence-electron chi connectivity index (χ2n) is 6.34. The first kappa shape index (κ1) is 19.8. The third kappa shape index (κ3) is 4.24. The maximum atomic E-state index is 12.7. The molecule has 5 nitrogen and oxygen atoms in total. The van der Waals surface area contributed by atoms with Gasteiger partial charge in [-0.05, 0) is 48.6 Å². The summed E-state index contributed by atoms with van der Waals surface area (Å²) in [4.78, 5) is 1.91. The highest BCUT2D eigenvalue weighted by molar-refractivity contribution is 8.16. The Bertz CT molecular complexity index is 1040. The highest BCUT2D eigenvalue weighted by Gasteiger charge is 2.39. The van der Waals surface area contributed by atoms with Gasteiger partial charge in [0.25, 0.3) is 0 Å². The first-order valence-corrected chi connectivity index (χ1v) is 12.0. The predicted octanol–water partition coefficient (Wildman–Crippen LogP) is 4.52. The average Bonchev–Trinajstić information content (AvgIpc) is 3.04. The van der Waals surface area contributed by atoms with Crippen LogP contribution in [0.3, 0.4) is 0 Å². The van der Waals surface area contributed by atoms with Gasteiger partial charge in [-0.15, -0.1) is 0 Å². The molecule has 8 heteroatoms. The molecule has 4 rings (SSSR count). The van der Waals surface area contributed by atoms with Gasteiger partial charge in [-0.25, -0.2) is 12.7 Å². The van der Waals surface area contributed by atoms with Crippen LogP contribution in [-0.4, -0.2) is 24.1 Å². The summed E-state index contributed by atoms with van der Waals surface area (Å²) < 4.78 is 26.7. The van der Waals surface area contributed by atoms with Crippen LogP contribution in [0.5, 0.6) is 0 Å². The summed E-state index contributed by atoms with van der Waals surface area (Å²) in [6.45, 7) is 0. The molecule has 0 amide bonds. The van der Waals surface area contributed by atoms with Crippen LogP contribution in [0.15, 0.2) is 91.0 Å². The lowest BCUT2D eigenvalue weighted by atomic mass is 10.2. The Morgan fingerprint density at radius 2 is 1.38 bits per heavy atom. The van der Waals surface area contributed by atoms with Gasteiger partial charge in [0.2, 0.25) is 10.0 Å². The Hall–Kier alpha value is -2.55. The van der Waals surface area contributed by atoms with Crippen molar-refractivity contribution in [2.24, 2.45) is 0 Å². The van der Waals surface area contributed by atoms with Gasteiger partial charge in [0.05, 0.1) is 5.69 Å². The molecule has 0 saturated carbocycles. The van der Waals surface area contributed by atoms with E-state index in [1.54, 1.807) is 12.1 Å². The van der Waals surface area contributed by atoms with Crippen LogP contribution in [0.2, 0.25) is 0 Å². The highest BCUT2D eigenvalue weighted by Crippen LogP contribution is 2.34. The molecule has 0 aromatic heterocycles. The zero-order chi connectivity index (χ0) is 20.3. The van der Waals surface area contributed by atoms with Crippen molar-refractivity contribution in [2.75, 3.05) is 14.3 Å². The Kier molecular flexibility index (Phi) is 5.75. The van der Waals surface area contributed by atoms with Gasteiger partial charge in [-0.1, -0.05) is 66.4 Å². The van der Waals surface area contributed by atoms with E-state index < -0.39 is 15.5 Å².